The molecule has 0 aromatic heterocycles. The van der Waals surface area contributed by atoms with Gasteiger partial charge >= 0.3 is 92.1 Å². The fourth-order valence-corrected chi connectivity index (χ4v) is 4.41. The molecule has 0 bridgehead atoms. The van der Waals surface area contributed by atoms with Crippen molar-refractivity contribution in [1.82, 2.24) is 0 Å². The molecule has 0 atom stereocenters. The second-order valence-corrected chi connectivity index (χ2v) is 26.8. The van der Waals surface area contributed by atoms with Gasteiger partial charge in [-0.25, -0.2) is 0 Å². The zero-order valence-electron chi connectivity index (χ0n) is 6.27. The molecular formula is C6H13OPSe3. The zero-order chi connectivity index (χ0) is 8.32. The summed E-state index contributed by atoms with van der Waals surface area (Å²) in [6, 6.07) is 0. The summed E-state index contributed by atoms with van der Waals surface area (Å²) in [6.45, 7) is 0. The standard InChI is InChI=1S/C6H13OPSe3/c9-8(10,11)7-6-4-2-1-3-5-6/h6H,1-5H2,(H2,9,10,11). The molecule has 0 radical (unpaired) electrons. The molecule has 0 aromatic rings. The maximum atomic E-state index is 5.88. The van der Waals surface area contributed by atoms with E-state index in [1.807, 2.05) is 0 Å². The van der Waals surface area contributed by atoms with E-state index in [4.69, 9.17) is 4.52 Å². The Labute approximate surface area is 91.6 Å². The summed E-state index contributed by atoms with van der Waals surface area (Å²) in [5.74, 6) is 0. The van der Waals surface area contributed by atoms with Crippen LogP contribution in [0.4, 0.5) is 0 Å². The molecule has 0 unspecified atom stereocenters. The summed E-state index contributed by atoms with van der Waals surface area (Å²) in [6.07, 6.45) is 7.16. The Hall–Kier alpha value is 1.95. The van der Waals surface area contributed by atoms with E-state index in [9.17, 15) is 0 Å². The Kier molecular flexibility index (Phi) is 5.00. The van der Waals surface area contributed by atoms with Crippen LogP contribution < -0.4 is 0 Å². The van der Waals surface area contributed by atoms with E-state index < -0.39 is 3.11 Å². The van der Waals surface area contributed by atoms with Crippen molar-refractivity contribution in [2.24, 2.45) is 0 Å². The molecule has 0 heterocycles. The van der Waals surface area contributed by atoms with Crippen molar-refractivity contribution in [2.75, 3.05) is 0 Å². The van der Waals surface area contributed by atoms with Gasteiger partial charge in [0.15, 0.2) is 0 Å². The van der Waals surface area contributed by atoms with Gasteiger partial charge in [-0.05, 0) is 0 Å². The molecule has 1 fully saturated rings. The van der Waals surface area contributed by atoms with Gasteiger partial charge in [0.25, 0.3) is 0 Å². The van der Waals surface area contributed by atoms with E-state index in [0.29, 0.717) is 6.10 Å². The first-order valence-corrected chi connectivity index (χ1v) is 12.7. The summed E-state index contributed by atoms with van der Waals surface area (Å²) in [4.78, 5) is 0. The predicted molar refractivity (Wildman–Crippen MR) is 54.9 cm³/mol. The maximum absolute atomic E-state index is 5.88. The van der Waals surface area contributed by atoms with Crippen LogP contribution in [0.5, 0.6) is 0 Å². The Balaban J connectivity index is 2.30. The third kappa shape index (κ3) is 5.29. The summed E-state index contributed by atoms with van der Waals surface area (Å²) >= 11 is 8.33. The fourth-order valence-electron chi connectivity index (χ4n) is 1.36. The molecular weight excluding hydrogens is 356 g/mol. The number of hydrogen-bond acceptors (Lipinski definition) is 1. The van der Waals surface area contributed by atoms with Crippen molar-refractivity contribution in [3.8, 4) is 0 Å². The van der Waals surface area contributed by atoms with Crippen LogP contribution in [0.15, 0.2) is 0 Å². The van der Waals surface area contributed by atoms with Crippen molar-refractivity contribution in [2.45, 2.75) is 38.2 Å². The van der Waals surface area contributed by atoms with Crippen LogP contribution in [0.1, 0.15) is 32.1 Å². The van der Waals surface area contributed by atoms with E-state index in [1.54, 1.807) is 0 Å². The third-order valence-corrected chi connectivity index (χ3v) is 4.14. The minimum atomic E-state index is -1.23. The topological polar surface area (TPSA) is 9.23 Å². The molecule has 0 N–H and O–H groups in total. The van der Waals surface area contributed by atoms with Crippen molar-refractivity contribution < 1.29 is 4.52 Å². The van der Waals surface area contributed by atoms with E-state index in [0.717, 1.165) is 0 Å². The zero-order valence-corrected chi connectivity index (χ0v) is 12.6. The Morgan fingerprint density at radius 2 is 1.73 bits per heavy atom. The summed E-state index contributed by atoms with van der Waals surface area (Å²) in [7, 11) is 0. The van der Waals surface area contributed by atoms with Gasteiger partial charge < -0.3 is 0 Å². The first-order chi connectivity index (χ1) is 5.08. The van der Waals surface area contributed by atoms with E-state index in [2.05, 4.69) is 46.2 Å². The van der Waals surface area contributed by atoms with E-state index in [-0.39, 0.29) is 0 Å². The Morgan fingerprint density at radius 1 is 1.18 bits per heavy atom. The monoisotopic (exact) mass is 372 g/mol. The molecule has 0 saturated heterocycles. The van der Waals surface area contributed by atoms with Crippen LogP contribution in [0, 0.1) is 0 Å². The van der Waals surface area contributed by atoms with Gasteiger partial charge in [-0.15, -0.1) is 0 Å². The number of hydrogen-bond donors (Lipinski definition) is 0. The van der Waals surface area contributed by atoms with Crippen LogP contribution in [0.3, 0.4) is 0 Å². The van der Waals surface area contributed by atoms with Crippen LogP contribution >= 0.6 is 3.11 Å². The van der Waals surface area contributed by atoms with Crippen molar-refractivity contribution in [1.29, 1.82) is 0 Å². The molecule has 66 valence electrons. The third-order valence-electron chi connectivity index (χ3n) is 1.84. The van der Waals surface area contributed by atoms with Crippen molar-refractivity contribution in [3.63, 3.8) is 0 Å². The van der Waals surface area contributed by atoms with Crippen molar-refractivity contribution >= 4 is 49.4 Å². The molecule has 1 aliphatic rings. The predicted octanol–water partition coefficient (Wildman–Crippen LogP) is 0.983. The molecule has 1 nitrogen and oxygen atoms in total. The Bertz CT molecular complexity index is 161. The van der Waals surface area contributed by atoms with Gasteiger partial charge in [0.1, 0.15) is 0 Å². The SMILES string of the molecule is [Se]=P([SeH])([SeH])OC1CCCCC1. The first-order valence-electron chi connectivity index (χ1n) is 3.82. The van der Waals surface area contributed by atoms with Gasteiger partial charge in [0.2, 0.25) is 0 Å². The van der Waals surface area contributed by atoms with Gasteiger partial charge in [0, 0.05) is 0 Å². The van der Waals surface area contributed by atoms with Crippen LogP contribution in [-0.4, -0.2) is 52.3 Å². The number of rotatable bonds is 2. The van der Waals surface area contributed by atoms with E-state index in [1.165, 1.54) is 32.1 Å². The molecule has 0 amide bonds. The molecule has 0 aromatic carbocycles. The summed E-state index contributed by atoms with van der Waals surface area (Å²) in [5, 5.41) is 0. The molecule has 1 saturated carbocycles. The summed E-state index contributed by atoms with van der Waals surface area (Å²) < 4.78 is 4.64. The van der Waals surface area contributed by atoms with Crippen LogP contribution in [0.25, 0.3) is 0 Å². The normalized spacial score (nSPS) is 22.0. The second-order valence-electron chi connectivity index (χ2n) is 2.86. The van der Waals surface area contributed by atoms with Gasteiger partial charge in [0.05, 0.1) is 0 Å². The van der Waals surface area contributed by atoms with E-state index >= 15 is 0 Å². The molecule has 5 heteroatoms. The van der Waals surface area contributed by atoms with Gasteiger partial charge in [-0.1, -0.05) is 0 Å². The molecule has 0 aliphatic heterocycles. The molecule has 1 aliphatic carbocycles. The van der Waals surface area contributed by atoms with Gasteiger partial charge in [-0.2, -0.15) is 0 Å². The molecule has 0 spiro atoms. The Morgan fingerprint density at radius 3 is 2.18 bits per heavy atom. The minimum absolute atomic E-state index is 0.532. The van der Waals surface area contributed by atoms with Crippen molar-refractivity contribution in [3.05, 3.63) is 0 Å². The van der Waals surface area contributed by atoms with Crippen LogP contribution in [-0.2, 0) is 4.52 Å². The molecule has 1 rings (SSSR count). The van der Waals surface area contributed by atoms with Gasteiger partial charge in [-0.3, -0.25) is 0 Å². The van der Waals surface area contributed by atoms with Crippen LogP contribution in [0.2, 0.25) is 0 Å². The first kappa shape index (κ1) is 11.0. The summed E-state index contributed by atoms with van der Waals surface area (Å²) in [5.41, 5.74) is 0. The quantitative estimate of drug-likeness (QED) is 0.521. The average molecular weight is 369 g/mol. The fraction of sp³-hybridized carbons (Fsp3) is 1.00. The molecule has 11 heavy (non-hydrogen) atoms. The average Bonchev–Trinajstić information content (AvgIpc) is 1.85. The second kappa shape index (κ2) is 4.99.